The maximum atomic E-state index is 10.8. The summed E-state index contributed by atoms with van der Waals surface area (Å²) in [5.74, 6) is 1.31. The fraction of sp³-hybridized carbons (Fsp3) is 0.647. The van der Waals surface area contributed by atoms with E-state index in [0.29, 0.717) is 12.5 Å². The Morgan fingerprint density at radius 1 is 1.19 bits per heavy atom. The number of aliphatic hydroxyl groups excluding tert-OH is 1. The van der Waals surface area contributed by atoms with Crippen molar-refractivity contribution in [3.8, 4) is 5.75 Å². The molecule has 2 heterocycles. The number of benzene rings is 1. The van der Waals surface area contributed by atoms with Gasteiger partial charge in [-0.15, -0.1) is 0 Å². The minimum Gasteiger partial charge on any atom is -0.491 e. The first-order valence-electron chi connectivity index (χ1n) is 7.93. The van der Waals surface area contributed by atoms with Gasteiger partial charge in [-0.3, -0.25) is 4.90 Å². The molecule has 0 saturated carbocycles. The van der Waals surface area contributed by atoms with Crippen molar-refractivity contribution >= 4 is 0 Å². The summed E-state index contributed by atoms with van der Waals surface area (Å²) in [5, 5.41) is 10.8. The van der Waals surface area contributed by atoms with Crippen LogP contribution >= 0.6 is 0 Å². The Morgan fingerprint density at radius 2 is 1.90 bits per heavy atom. The Bertz CT molecular complexity index is 496. The van der Waals surface area contributed by atoms with E-state index >= 15 is 0 Å². The molecular formula is C17H26N2O2. The van der Waals surface area contributed by atoms with E-state index < -0.39 is 6.10 Å². The van der Waals surface area contributed by atoms with Crippen LogP contribution in [0.3, 0.4) is 0 Å². The quantitative estimate of drug-likeness (QED) is 0.902. The Kier molecular flexibility index (Phi) is 4.20. The second kappa shape index (κ2) is 5.95. The van der Waals surface area contributed by atoms with Gasteiger partial charge in [-0.1, -0.05) is 19.9 Å². The Labute approximate surface area is 127 Å². The van der Waals surface area contributed by atoms with Crippen molar-refractivity contribution < 1.29 is 9.84 Å². The number of fused-ring (bicyclic) bond motifs is 1. The van der Waals surface area contributed by atoms with Crippen molar-refractivity contribution in [2.45, 2.75) is 31.9 Å². The van der Waals surface area contributed by atoms with Gasteiger partial charge >= 0.3 is 0 Å². The average Bonchev–Trinajstić information content (AvgIpc) is 2.48. The predicted molar refractivity (Wildman–Crippen MR) is 83.8 cm³/mol. The number of piperazine rings is 1. The molecule has 21 heavy (non-hydrogen) atoms. The highest BCUT2D eigenvalue weighted by Crippen LogP contribution is 2.36. The summed E-state index contributed by atoms with van der Waals surface area (Å²) < 4.78 is 5.91. The first-order chi connectivity index (χ1) is 10.1. The molecule has 3 rings (SSSR count). The maximum Gasteiger partial charge on any atom is 0.125 e. The summed E-state index contributed by atoms with van der Waals surface area (Å²) in [5.41, 5.74) is 2.21. The van der Waals surface area contributed by atoms with E-state index in [0.717, 1.165) is 37.5 Å². The minimum absolute atomic E-state index is 0.0774. The Hall–Kier alpha value is -1.10. The molecule has 0 radical (unpaired) electrons. The van der Waals surface area contributed by atoms with Crippen LogP contribution in [0.5, 0.6) is 5.75 Å². The standard InChI is InChI=1S/C17H26N2O2/c1-12(2)13-4-5-16-14(10-13)17(20)15(11-21-16)19-8-6-18(3)7-9-19/h4-5,10,12,15,17,20H,6-9,11H2,1-3H3. The second-order valence-corrected chi connectivity index (χ2v) is 6.61. The third-order valence-electron chi connectivity index (χ3n) is 4.80. The van der Waals surface area contributed by atoms with Gasteiger partial charge < -0.3 is 14.7 Å². The number of likely N-dealkylation sites (N-methyl/N-ethyl adjacent to an activating group) is 1. The molecule has 0 amide bonds. The van der Waals surface area contributed by atoms with Crippen LogP contribution in [0.2, 0.25) is 0 Å². The molecule has 0 aliphatic carbocycles. The fourth-order valence-corrected chi connectivity index (χ4v) is 3.22. The lowest BCUT2D eigenvalue weighted by Crippen LogP contribution is -2.53. The van der Waals surface area contributed by atoms with E-state index in [9.17, 15) is 5.11 Å². The summed E-state index contributed by atoms with van der Waals surface area (Å²) in [6, 6.07) is 6.31. The summed E-state index contributed by atoms with van der Waals surface area (Å²) in [7, 11) is 2.15. The normalized spacial score (nSPS) is 27.5. The highest BCUT2D eigenvalue weighted by Gasteiger charge is 2.35. The van der Waals surface area contributed by atoms with Crippen molar-refractivity contribution in [2.24, 2.45) is 0 Å². The van der Waals surface area contributed by atoms with E-state index in [1.165, 1.54) is 5.56 Å². The van der Waals surface area contributed by atoms with E-state index in [2.05, 4.69) is 42.8 Å². The Morgan fingerprint density at radius 3 is 2.57 bits per heavy atom. The Balaban J connectivity index is 1.80. The van der Waals surface area contributed by atoms with Gasteiger partial charge in [-0.25, -0.2) is 0 Å². The van der Waals surface area contributed by atoms with Crippen molar-refractivity contribution in [1.82, 2.24) is 9.80 Å². The molecule has 0 spiro atoms. The molecule has 2 unspecified atom stereocenters. The van der Waals surface area contributed by atoms with E-state index in [1.54, 1.807) is 0 Å². The van der Waals surface area contributed by atoms with Gasteiger partial charge in [0.25, 0.3) is 0 Å². The zero-order chi connectivity index (χ0) is 15.0. The highest BCUT2D eigenvalue weighted by molar-refractivity contribution is 5.42. The monoisotopic (exact) mass is 290 g/mol. The zero-order valence-electron chi connectivity index (χ0n) is 13.2. The van der Waals surface area contributed by atoms with Crippen molar-refractivity contribution in [3.05, 3.63) is 29.3 Å². The number of hydrogen-bond donors (Lipinski definition) is 1. The molecule has 116 valence electrons. The summed E-state index contributed by atoms with van der Waals surface area (Å²) in [6.07, 6.45) is -0.448. The van der Waals surface area contributed by atoms with Crippen LogP contribution < -0.4 is 4.74 Å². The molecule has 1 N–H and O–H groups in total. The van der Waals surface area contributed by atoms with Crippen molar-refractivity contribution in [3.63, 3.8) is 0 Å². The molecule has 2 atom stereocenters. The molecule has 2 aliphatic rings. The first kappa shape index (κ1) is 14.8. The summed E-state index contributed by atoms with van der Waals surface area (Å²) in [4.78, 5) is 4.70. The van der Waals surface area contributed by atoms with Gasteiger partial charge in [0.2, 0.25) is 0 Å². The minimum atomic E-state index is -0.448. The fourth-order valence-electron chi connectivity index (χ4n) is 3.22. The number of hydrogen-bond acceptors (Lipinski definition) is 4. The molecular weight excluding hydrogens is 264 g/mol. The number of aliphatic hydroxyl groups is 1. The second-order valence-electron chi connectivity index (χ2n) is 6.61. The SMILES string of the molecule is CC(C)c1ccc2c(c1)C(O)C(N1CCN(C)CC1)CO2. The van der Waals surface area contributed by atoms with Crippen LogP contribution in [-0.2, 0) is 0 Å². The predicted octanol–water partition coefficient (Wildman–Crippen LogP) is 1.85. The van der Waals surface area contributed by atoms with Crippen LogP contribution in [-0.4, -0.2) is 60.8 Å². The van der Waals surface area contributed by atoms with Gasteiger partial charge in [0.05, 0.1) is 6.04 Å². The molecule has 4 nitrogen and oxygen atoms in total. The van der Waals surface area contributed by atoms with Gasteiger partial charge in [0.15, 0.2) is 0 Å². The lowest BCUT2D eigenvalue weighted by atomic mass is 9.93. The highest BCUT2D eigenvalue weighted by atomic mass is 16.5. The average molecular weight is 290 g/mol. The van der Waals surface area contributed by atoms with Crippen LogP contribution in [0.4, 0.5) is 0 Å². The molecule has 1 fully saturated rings. The van der Waals surface area contributed by atoms with Crippen LogP contribution in [0, 0.1) is 0 Å². The smallest absolute Gasteiger partial charge is 0.125 e. The van der Waals surface area contributed by atoms with Crippen LogP contribution in [0.25, 0.3) is 0 Å². The van der Waals surface area contributed by atoms with Crippen molar-refractivity contribution in [2.75, 3.05) is 39.8 Å². The third-order valence-corrected chi connectivity index (χ3v) is 4.80. The number of nitrogens with zero attached hydrogens (tertiary/aromatic N) is 2. The largest absolute Gasteiger partial charge is 0.491 e. The molecule has 2 aliphatic heterocycles. The molecule has 0 aromatic heterocycles. The number of rotatable bonds is 2. The molecule has 0 bridgehead atoms. The zero-order valence-corrected chi connectivity index (χ0v) is 13.2. The van der Waals surface area contributed by atoms with E-state index in [1.807, 2.05) is 6.07 Å². The van der Waals surface area contributed by atoms with Gasteiger partial charge in [0, 0.05) is 31.7 Å². The topological polar surface area (TPSA) is 35.9 Å². The van der Waals surface area contributed by atoms with Crippen molar-refractivity contribution in [1.29, 1.82) is 0 Å². The number of ether oxygens (including phenoxy) is 1. The summed E-state index contributed by atoms with van der Waals surface area (Å²) in [6.45, 7) is 9.05. The lowest BCUT2D eigenvalue weighted by Gasteiger charge is -2.42. The van der Waals surface area contributed by atoms with Crippen LogP contribution in [0.1, 0.15) is 37.0 Å². The van der Waals surface area contributed by atoms with E-state index in [-0.39, 0.29) is 6.04 Å². The molecule has 1 aromatic rings. The lowest BCUT2D eigenvalue weighted by molar-refractivity contribution is -0.0141. The van der Waals surface area contributed by atoms with Gasteiger partial charge in [0.1, 0.15) is 18.5 Å². The first-order valence-corrected chi connectivity index (χ1v) is 7.93. The van der Waals surface area contributed by atoms with Gasteiger partial charge in [-0.05, 0) is 30.7 Å². The summed E-state index contributed by atoms with van der Waals surface area (Å²) >= 11 is 0. The molecule has 1 saturated heterocycles. The van der Waals surface area contributed by atoms with E-state index in [4.69, 9.17) is 4.74 Å². The van der Waals surface area contributed by atoms with Crippen LogP contribution in [0.15, 0.2) is 18.2 Å². The molecule has 1 aromatic carbocycles. The third kappa shape index (κ3) is 2.93. The van der Waals surface area contributed by atoms with Gasteiger partial charge in [-0.2, -0.15) is 0 Å². The maximum absolute atomic E-state index is 10.8. The molecule has 4 heteroatoms.